The van der Waals surface area contributed by atoms with Gasteiger partial charge in [0, 0.05) is 17.4 Å². The number of aryl methyl sites for hydroxylation is 1. The van der Waals surface area contributed by atoms with E-state index < -0.39 is 0 Å². The highest BCUT2D eigenvalue weighted by Gasteiger charge is 2.19. The van der Waals surface area contributed by atoms with Crippen LogP contribution in [-0.4, -0.2) is 39.4 Å². The summed E-state index contributed by atoms with van der Waals surface area (Å²) >= 11 is 0. The number of rotatable bonds is 9. The zero-order valence-corrected chi connectivity index (χ0v) is 19.4. The Kier molecular flexibility index (Phi) is 7.41. The number of benzene rings is 2. The van der Waals surface area contributed by atoms with Crippen molar-refractivity contribution >= 4 is 16.7 Å². The molecule has 0 N–H and O–H groups in total. The standard InChI is InChI=1S/C25H29NO6/c1-7-16-17-12-22(30-5)23(31-6)13-18(17)25(26-19(16)14-32-24(27)8-2)15-9-10-20(28-3)21(11-15)29-4/h9-13H,7-8,14H2,1-6H3. The first kappa shape index (κ1) is 23.2. The second kappa shape index (κ2) is 10.2. The summed E-state index contributed by atoms with van der Waals surface area (Å²) in [6.45, 7) is 3.91. The Morgan fingerprint density at radius 3 is 1.97 bits per heavy atom. The first-order valence-corrected chi connectivity index (χ1v) is 10.5. The molecule has 0 amide bonds. The van der Waals surface area contributed by atoms with E-state index in [1.807, 2.05) is 37.3 Å². The fourth-order valence-electron chi connectivity index (χ4n) is 3.71. The monoisotopic (exact) mass is 439 g/mol. The van der Waals surface area contributed by atoms with E-state index in [0.717, 1.165) is 27.6 Å². The van der Waals surface area contributed by atoms with Gasteiger partial charge >= 0.3 is 5.97 Å². The molecule has 0 saturated heterocycles. The molecule has 3 aromatic rings. The van der Waals surface area contributed by atoms with E-state index in [1.54, 1.807) is 35.4 Å². The molecule has 170 valence electrons. The van der Waals surface area contributed by atoms with E-state index in [2.05, 4.69) is 0 Å². The molecule has 0 bridgehead atoms. The molecule has 0 aliphatic carbocycles. The Morgan fingerprint density at radius 1 is 0.812 bits per heavy atom. The lowest BCUT2D eigenvalue weighted by atomic mass is 9.96. The summed E-state index contributed by atoms with van der Waals surface area (Å²) in [4.78, 5) is 16.8. The molecule has 0 unspecified atom stereocenters. The molecule has 0 saturated carbocycles. The predicted octanol–water partition coefficient (Wildman–Crippen LogP) is 4.95. The molecule has 0 aliphatic rings. The molecule has 1 aromatic heterocycles. The van der Waals surface area contributed by atoms with Crippen LogP contribution in [0.15, 0.2) is 30.3 Å². The lowest BCUT2D eigenvalue weighted by Gasteiger charge is -2.18. The van der Waals surface area contributed by atoms with Crippen molar-refractivity contribution in [2.24, 2.45) is 0 Å². The summed E-state index contributed by atoms with van der Waals surface area (Å²) in [5.41, 5.74) is 3.26. The van der Waals surface area contributed by atoms with Crippen LogP contribution in [-0.2, 0) is 22.6 Å². The number of ether oxygens (including phenoxy) is 5. The Labute approximate surface area is 188 Å². The van der Waals surface area contributed by atoms with Crippen LogP contribution in [0.2, 0.25) is 0 Å². The molecule has 0 fully saturated rings. The Hall–Kier alpha value is -3.48. The Balaban J connectivity index is 2.33. The number of aromatic nitrogens is 1. The van der Waals surface area contributed by atoms with E-state index in [9.17, 15) is 4.79 Å². The SMILES string of the molecule is CCC(=O)OCc1nc(-c2ccc(OC)c(OC)c2)c2cc(OC)c(OC)cc2c1CC. The summed E-state index contributed by atoms with van der Waals surface area (Å²) < 4.78 is 27.4. The predicted molar refractivity (Wildman–Crippen MR) is 123 cm³/mol. The maximum absolute atomic E-state index is 11.8. The van der Waals surface area contributed by atoms with Crippen molar-refractivity contribution in [3.8, 4) is 34.3 Å². The average molecular weight is 440 g/mol. The number of methoxy groups -OCH3 is 4. The van der Waals surface area contributed by atoms with E-state index in [-0.39, 0.29) is 12.6 Å². The quantitative estimate of drug-likeness (QED) is 0.437. The topological polar surface area (TPSA) is 76.1 Å². The van der Waals surface area contributed by atoms with Gasteiger partial charge in [0.1, 0.15) is 6.61 Å². The van der Waals surface area contributed by atoms with Crippen molar-refractivity contribution in [1.29, 1.82) is 0 Å². The maximum Gasteiger partial charge on any atom is 0.305 e. The van der Waals surface area contributed by atoms with E-state index in [0.29, 0.717) is 41.5 Å². The Morgan fingerprint density at radius 2 is 1.41 bits per heavy atom. The lowest BCUT2D eigenvalue weighted by molar-refractivity contribution is -0.144. The van der Waals surface area contributed by atoms with Crippen molar-refractivity contribution in [3.63, 3.8) is 0 Å². The van der Waals surface area contributed by atoms with Gasteiger partial charge in [0.15, 0.2) is 23.0 Å². The normalized spacial score (nSPS) is 10.7. The molecule has 7 heteroatoms. The molecular weight excluding hydrogens is 410 g/mol. The molecule has 32 heavy (non-hydrogen) atoms. The summed E-state index contributed by atoms with van der Waals surface area (Å²) in [5, 5.41) is 1.87. The second-order valence-electron chi connectivity index (χ2n) is 7.08. The van der Waals surface area contributed by atoms with Gasteiger partial charge in [-0.1, -0.05) is 13.8 Å². The van der Waals surface area contributed by atoms with Gasteiger partial charge in [-0.25, -0.2) is 4.98 Å². The number of pyridine rings is 1. The van der Waals surface area contributed by atoms with Crippen LogP contribution in [0.25, 0.3) is 22.0 Å². The van der Waals surface area contributed by atoms with Crippen LogP contribution in [0, 0.1) is 0 Å². The zero-order chi connectivity index (χ0) is 23.3. The third kappa shape index (κ3) is 4.42. The van der Waals surface area contributed by atoms with Crippen LogP contribution >= 0.6 is 0 Å². The van der Waals surface area contributed by atoms with Crippen LogP contribution in [0.3, 0.4) is 0 Å². The number of hydrogen-bond donors (Lipinski definition) is 0. The zero-order valence-electron chi connectivity index (χ0n) is 19.4. The Bertz CT molecular complexity index is 1130. The number of fused-ring (bicyclic) bond motifs is 1. The average Bonchev–Trinajstić information content (AvgIpc) is 2.84. The van der Waals surface area contributed by atoms with Gasteiger partial charge in [0.2, 0.25) is 0 Å². The number of nitrogens with zero attached hydrogens (tertiary/aromatic N) is 1. The second-order valence-corrected chi connectivity index (χ2v) is 7.08. The van der Waals surface area contributed by atoms with Gasteiger partial charge in [-0.15, -0.1) is 0 Å². The molecule has 0 radical (unpaired) electrons. The van der Waals surface area contributed by atoms with Gasteiger partial charge in [-0.05, 0) is 47.7 Å². The first-order chi connectivity index (χ1) is 15.5. The molecule has 0 spiro atoms. The number of carbonyl (C=O) groups excluding carboxylic acids is 1. The molecule has 2 aromatic carbocycles. The lowest BCUT2D eigenvalue weighted by Crippen LogP contribution is -2.08. The van der Waals surface area contributed by atoms with Crippen LogP contribution < -0.4 is 18.9 Å². The molecular formula is C25H29NO6. The fourth-order valence-corrected chi connectivity index (χ4v) is 3.71. The highest BCUT2D eigenvalue weighted by molar-refractivity contribution is 5.99. The fraction of sp³-hybridized carbons (Fsp3) is 0.360. The summed E-state index contributed by atoms with van der Waals surface area (Å²) in [6.07, 6.45) is 1.02. The number of esters is 1. The minimum absolute atomic E-state index is 0.0976. The van der Waals surface area contributed by atoms with Crippen LogP contribution in [0.1, 0.15) is 31.5 Å². The molecule has 0 aliphatic heterocycles. The largest absolute Gasteiger partial charge is 0.493 e. The third-order valence-electron chi connectivity index (χ3n) is 5.37. The van der Waals surface area contributed by atoms with Crippen LogP contribution in [0.4, 0.5) is 0 Å². The molecule has 0 atom stereocenters. The van der Waals surface area contributed by atoms with Gasteiger partial charge in [-0.2, -0.15) is 0 Å². The van der Waals surface area contributed by atoms with E-state index >= 15 is 0 Å². The minimum Gasteiger partial charge on any atom is -0.493 e. The van der Waals surface area contributed by atoms with E-state index in [4.69, 9.17) is 28.7 Å². The first-order valence-electron chi connectivity index (χ1n) is 10.5. The van der Waals surface area contributed by atoms with Gasteiger partial charge in [0.05, 0.1) is 39.8 Å². The summed E-state index contributed by atoms with van der Waals surface area (Å²) in [5.74, 6) is 2.18. The number of hydrogen-bond acceptors (Lipinski definition) is 7. The van der Waals surface area contributed by atoms with Gasteiger partial charge in [-0.3, -0.25) is 4.79 Å². The molecule has 7 nitrogen and oxygen atoms in total. The highest BCUT2D eigenvalue weighted by Crippen LogP contribution is 2.40. The maximum atomic E-state index is 11.8. The van der Waals surface area contributed by atoms with Crippen molar-refractivity contribution in [2.45, 2.75) is 33.3 Å². The van der Waals surface area contributed by atoms with Gasteiger partial charge in [0.25, 0.3) is 0 Å². The van der Waals surface area contributed by atoms with Gasteiger partial charge < -0.3 is 23.7 Å². The van der Waals surface area contributed by atoms with Crippen LogP contribution in [0.5, 0.6) is 23.0 Å². The number of carbonyl (C=O) groups is 1. The highest BCUT2D eigenvalue weighted by atomic mass is 16.5. The third-order valence-corrected chi connectivity index (χ3v) is 5.37. The minimum atomic E-state index is -0.270. The molecule has 3 rings (SSSR count). The summed E-state index contributed by atoms with van der Waals surface area (Å²) in [7, 11) is 6.40. The van der Waals surface area contributed by atoms with Crippen molar-refractivity contribution in [1.82, 2.24) is 4.98 Å². The van der Waals surface area contributed by atoms with Crippen molar-refractivity contribution in [3.05, 3.63) is 41.6 Å². The summed E-state index contributed by atoms with van der Waals surface area (Å²) in [6, 6.07) is 9.52. The smallest absolute Gasteiger partial charge is 0.305 e. The van der Waals surface area contributed by atoms with E-state index in [1.165, 1.54) is 0 Å². The molecule has 1 heterocycles. The van der Waals surface area contributed by atoms with Crippen molar-refractivity contribution in [2.75, 3.05) is 28.4 Å². The van der Waals surface area contributed by atoms with Crippen molar-refractivity contribution < 1.29 is 28.5 Å².